The summed E-state index contributed by atoms with van der Waals surface area (Å²) in [6.07, 6.45) is 0. The van der Waals surface area contributed by atoms with Crippen LogP contribution in [0.15, 0.2) is 77.7 Å². The lowest BCUT2D eigenvalue weighted by Crippen LogP contribution is -2.51. The van der Waals surface area contributed by atoms with Gasteiger partial charge in [0.1, 0.15) is 29.9 Å². The van der Waals surface area contributed by atoms with Crippen LogP contribution in [-0.2, 0) is 26.2 Å². The van der Waals surface area contributed by atoms with E-state index < -0.39 is 40.2 Å². The predicted molar refractivity (Wildman–Crippen MR) is 155 cm³/mol. The Hall–Kier alpha value is -4.12. The van der Waals surface area contributed by atoms with Crippen LogP contribution < -0.4 is 19.1 Å². The summed E-state index contributed by atoms with van der Waals surface area (Å²) in [5.74, 6) is -0.757. The molecule has 0 saturated carbocycles. The van der Waals surface area contributed by atoms with E-state index in [0.29, 0.717) is 17.9 Å². The molecular weight excluding hydrogens is 549 g/mol. The molecule has 1 atom stereocenters. The lowest BCUT2D eigenvalue weighted by atomic mass is 10.1. The first-order valence-electron chi connectivity index (χ1n) is 13.1. The summed E-state index contributed by atoms with van der Waals surface area (Å²) in [5.41, 5.74) is 0.655. The number of anilines is 1. The molecule has 0 heterocycles. The summed E-state index contributed by atoms with van der Waals surface area (Å²) in [4.78, 5) is 28.3. The van der Waals surface area contributed by atoms with Gasteiger partial charge in [0.05, 0.1) is 24.8 Å². The Morgan fingerprint density at radius 2 is 1.59 bits per heavy atom. The van der Waals surface area contributed by atoms with Crippen LogP contribution in [0, 0.1) is 11.7 Å². The van der Waals surface area contributed by atoms with Gasteiger partial charge in [-0.15, -0.1) is 0 Å². The summed E-state index contributed by atoms with van der Waals surface area (Å²) in [6, 6.07) is 16.9. The van der Waals surface area contributed by atoms with Gasteiger partial charge in [-0.3, -0.25) is 13.9 Å². The maximum Gasteiger partial charge on any atom is 0.264 e. The molecule has 9 nitrogen and oxygen atoms in total. The van der Waals surface area contributed by atoms with Crippen molar-refractivity contribution < 1.29 is 31.9 Å². The number of hydrogen-bond acceptors (Lipinski definition) is 6. The van der Waals surface area contributed by atoms with Crippen LogP contribution in [-0.4, -0.2) is 58.5 Å². The Kier molecular flexibility index (Phi) is 10.7. The fraction of sp³-hybridized carbons (Fsp3) is 0.333. The quantitative estimate of drug-likeness (QED) is 0.322. The zero-order chi connectivity index (χ0) is 30.2. The monoisotopic (exact) mass is 585 g/mol. The third kappa shape index (κ3) is 7.97. The average molecular weight is 586 g/mol. The van der Waals surface area contributed by atoms with Crippen molar-refractivity contribution in [2.75, 3.05) is 31.6 Å². The maximum absolute atomic E-state index is 14.0. The Balaban J connectivity index is 2.08. The Labute approximate surface area is 240 Å². The standard InChI is InChI=1S/C30H36FN3O6S/c1-21(2)18-32-30(36)22(3)33(19-23-11-13-24(31)14-12-23)29(35)20-34(41(37,38)26-9-7-6-8-10-26)27-17-25(39-4)15-16-28(27)40-5/h6-17,21-22H,18-20H2,1-5H3,(H,32,36)/t22-/m0/s1. The number of benzene rings is 3. The summed E-state index contributed by atoms with van der Waals surface area (Å²) >= 11 is 0. The van der Waals surface area contributed by atoms with Gasteiger partial charge in [0.15, 0.2) is 0 Å². The molecule has 2 amide bonds. The highest BCUT2D eigenvalue weighted by Crippen LogP contribution is 2.36. The summed E-state index contributed by atoms with van der Waals surface area (Å²) in [6.45, 7) is 5.16. The van der Waals surface area contributed by atoms with Gasteiger partial charge in [0, 0.05) is 19.2 Å². The number of nitrogens with zero attached hydrogens (tertiary/aromatic N) is 2. The van der Waals surface area contributed by atoms with Gasteiger partial charge >= 0.3 is 0 Å². The van der Waals surface area contributed by atoms with Crippen molar-refractivity contribution in [2.24, 2.45) is 5.92 Å². The van der Waals surface area contributed by atoms with Crippen LogP contribution in [0.5, 0.6) is 11.5 Å². The zero-order valence-electron chi connectivity index (χ0n) is 23.8. The van der Waals surface area contributed by atoms with E-state index in [9.17, 15) is 22.4 Å². The van der Waals surface area contributed by atoms with Crippen LogP contribution >= 0.6 is 0 Å². The van der Waals surface area contributed by atoms with Gasteiger partial charge in [-0.05, 0) is 54.8 Å². The lowest BCUT2D eigenvalue weighted by molar-refractivity contribution is -0.139. The lowest BCUT2D eigenvalue weighted by Gasteiger charge is -2.32. The molecule has 41 heavy (non-hydrogen) atoms. The second-order valence-electron chi connectivity index (χ2n) is 9.83. The van der Waals surface area contributed by atoms with Crippen molar-refractivity contribution in [2.45, 2.75) is 38.3 Å². The smallest absolute Gasteiger partial charge is 0.264 e. The van der Waals surface area contributed by atoms with Gasteiger partial charge in [0.25, 0.3) is 10.0 Å². The van der Waals surface area contributed by atoms with Gasteiger partial charge in [-0.1, -0.05) is 44.2 Å². The molecule has 0 aliphatic heterocycles. The van der Waals surface area contributed by atoms with Gasteiger partial charge < -0.3 is 19.7 Å². The van der Waals surface area contributed by atoms with Crippen LogP contribution in [0.3, 0.4) is 0 Å². The van der Waals surface area contributed by atoms with Crippen molar-refractivity contribution in [3.8, 4) is 11.5 Å². The van der Waals surface area contributed by atoms with Crippen LogP contribution in [0.2, 0.25) is 0 Å². The minimum atomic E-state index is -4.29. The normalized spacial score (nSPS) is 12.0. The van der Waals surface area contributed by atoms with Crippen LogP contribution in [0.25, 0.3) is 0 Å². The molecule has 0 aliphatic rings. The van der Waals surface area contributed by atoms with Crippen molar-refractivity contribution in [3.63, 3.8) is 0 Å². The molecule has 0 spiro atoms. The molecule has 0 bridgehead atoms. The Morgan fingerprint density at radius 1 is 0.927 bits per heavy atom. The first-order chi connectivity index (χ1) is 19.5. The largest absolute Gasteiger partial charge is 0.497 e. The molecule has 11 heteroatoms. The van der Waals surface area contributed by atoms with E-state index >= 15 is 0 Å². The third-order valence-electron chi connectivity index (χ3n) is 6.38. The molecular formula is C30H36FN3O6S. The van der Waals surface area contributed by atoms with E-state index in [1.165, 1.54) is 61.6 Å². The van der Waals surface area contributed by atoms with Gasteiger partial charge in [-0.2, -0.15) is 0 Å². The number of carbonyl (C=O) groups is 2. The van der Waals surface area contributed by atoms with E-state index in [1.807, 2.05) is 13.8 Å². The minimum Gasteiger partial charge on any atom is -0.497 e. The number of methoxy groups -OCH3 is 2. The van der Waals surface area contributed by atoms with E-state index in [4.69, 9.17) is 9.47 Å². The number of hydrogen-bond donors (Lipinski definition) is 1. The van der Waals surface area contributed by atoms with E-state index in [0.717, 1.165) is 4.31 Å². The maximum atomic E-state index is 14.0. The number of nitrogens with one attached hydrogen (secondary N) is 1. The van der Waals surface area contributed by atoms with Crippen molar-refractivity contribution in [1.82, 2.24) is 10.2 Å². The number of carbonyl (C=O) groups excluding carboxylic acids is 2. The third-order valence-corrected chi connectivity index (χ3v) is 8.16. The number of sulfonamides is 1. The molecule has 0 aromatic heterocycles. The van der Waals surface area contributed by atoms with E-state index in [-0.39, 0.29) is 28.8 Å². The highest BCUT2D eigenvalue weighted by atomic mass is 32.2. The fourth-order valence-corrected chi connectivity index (χ4v) is 5.48. The molecule has 0 aliphatic carbocycles. The number of rotatable bonds is 13. The summed E-state index contributed by atoms with van der Waals surface area (Å²) in [7, 11) is -1.46. The molecule has 0 fully saturated rings. The molecule has 0 radical (unpaired) electrons. The first kappa shape index (κ1) is 31.4. The molecule has 0 unspecified atom stereocenters. The topological polar surface area (TPSA) is 105 Å². The molecule has 220 valence electrons. The second-order valence-corrected chi connectivity index (χ2v) is 11.7. The fourth-order valence-electron chi connectivity index (χ4n) is 4.05. The number of halogens is 1. The molecule has 0 saturated heterocycles. The molecule has 3 aromatic carbocycles. The van der Waals surface area contributed by atoms with Gasteiger partial charge in [-0.25, -0.2) is 12.8 Å². The average Bonchev–Trinajstić information content (AvgIpc) is 2.97. The highest BCUT2D eigenvalue weighted by Gasteiger charge is 2.34. The minimum absolute atomic E-state index is 0.0366. The molecule has 3 rings (SSSR count). The van der Waals surface area contributed by atoms with Crippen molar-refractivity contribution in [1.29, 1.82) is 0 Å². The van der Waals surface area contributed by atoms with Crippen LogP contribution in [0.4, 0.5) is 10.1 Å². The number of amides is 2. The molecule has 1 N–H and O–H groups in total. The highest BCUT2D eigenvalue weighted by molar-refractivity contribution is 7.92. The zero-order valence-corrected chi connectivity index (χ0v) is 24.7. The van der Waals surface area contributed by atoms with Crippen LogP contribution in [0.1, 0.15) is 26.3 Å². The Bertz CT molecular complexity index is 1430. The predicted octanol–water partition coefficient (Wildman–Crippen LogP) is 4.23. The van der Waals surface area contributed by atoms with Crippen molar-refractivity contribution in [3.05, 3.63) is 84.2 Å². The van der Waals surface area contributed by atoms with Gasteiger partial charge in [0.2, 0.25) is 11.8 Å². The SMILES string of the molecule is COc1ccc(OC)c(N(CC(=O)N(Cc2ccc(F)cc2)[C@@H](C)C(=O)NCC(C)C)S(=O)(=O)c2ccccc2)c1. The summed E-state index contributed by atoms with van der Waals surface area (Å²) in [5, 5.41) is 2.83. The Morgan fingerprint density at radius 3 is 2.17 bits per heavy atom. The van der Waals surface area contributed by atoms with Crippen molar-refractivity contribution >= 4 is 27.5 Å². The molecule has 3 aromatic rings. The van der Waals surface area contributed by atoms with E-state index in [2.05, 4.69) is 5.32 Å². The first-order valence-corrected chi connectivity index (χ1v) is 14.5. The summed E-state index contributed by atoms with van der Waals surface area (Å²) < 4.78 is 53.3. The van der Waals surface area contributed by atoms with E-state index in [1.54, 1.807) is 37.3 Å². The number of ether oxygens (including phenoxy) is 2. The second kappa shape index (κ2) is 14.0.